The Morgan fingerprint density at radius 1 is 1.32 bits per heavy atom. The number of benzene rings is 1. The minimum atomic E-state index is 0.349. The fraction of sp³-hybridized carbons (Fsp3) is 0.550. The fourth-order valence-corrected chi connectivity index (χ4v) is 4.07. The molecule has 0 spiro atoms. The first-order chi connectivity index (χ1) is 13.6. The maximum atomic E-state index is 6.25. The number of nitrogens with one attached hydrogen (secondary N) is 2. The topological polar surface area (TPSA) is 70.4 Å². The van der Waals surface area contributed by atoms with Crippen molar-refractivity contribution in [1.29, 1.82) is 0 Å². The summed E-state index contributed by atoms with van der Waals surface area (Å²) in [6.07, 6.45) is 3.93. The van der Waals surface area contributed by atoms with Gasteiger partial charge in [-0.2, -0.15) is 5.10 Å². The smallest absolute Gasteiger partial charge is 0.191 e. The molecule has 1 saturated heterocycles. The van der Waals surface area contributed by atoms with Crippen molar-refractivity contribution in [3.05, 3.63) is 47.0 Å². The van der Waals surface area contributed by atoms with Crippen LogP contribution in [0.25, 0.3) is 0 Å². The van der Waals surface area contributed by atoms with E-state index in [2.05, 4.69) is 56.7 Å². The van der Waals surface area contributed by atoms with E-state index in [-0.39, 0.29) is 0 Å². The molecule has 2 atom stereocenters. The second kappa shape index (κ2) is 9.89. The Balaban J connectivity index is 1.69. The molecular weight excluding hydrogens is 374 g/mol. The van der Waals surface area contributed by atoms with Crippen LogP contribution >= 0.6 is 11.6 Å². The van der Waals surface area contributed by atoms with Gasteiger partial charge in [-0.15, -0.1) is 0 Å². The molecule has 0 saturated carbocycles. The van der Waals surface area contributed by atoms with Crippen molar-refractivity contribution >= 4 is 17.6 Å². The van der Waals surface area contributed by atoms with E-state index in [0.29, 0.717) is 18.5 Å². The largest absolute Gasteiger partial charge is 0.357 e. The van der Waals surface area contributed by atoms with Gasteiger partial charge in [-0.1, -0.05) is 23.7 Å². The lowest BCUT2D eigenvalue weighted by Gasteiger charge is -2.40. The number of halogens is 1. The molecule has 7 nitrogen and oxygen atoms in total. The van der Waals surface area contributed by atoms with E-state index in [1.165, 1.54) is 18.4 Å². The van der Waals surface area contributed by atoms with Crippen LogP contribution in [0, 0.1) is 5.92 Å². The van der Waals surface area contributed by atoms with Gasteiger partial charge in [-0.25, -0.2) is 9.98 Å². The van der Waals surface area contributed by atoms with Gasteiger partial charge in [-0.3, -0.25) is 9.58 Å². The summed E-state index contributed by atoms with van der Waals surface area (Å²) in [7, 11) is 4.08. The standard InChI is InChI=1S/C20H30ClN7/c1-4-22-20(24-13-18-25-14-26-28(18)3)23-12-16-8-6-10-27(2)19(16)15-7-5-9-17(21)11-15/h5,7,9,11,14,16,19H,4,6,8,10,12-13H2,1-3H3,(H2,22,23,24). The van der Waals surface area contributed by atoms with Crippen LogP contribution in [0.3, 0.4) is 0 Å². The number of aliphatic imine (C=N–C) groups is 1. The summed E-state index contributed by atoms with van der Waals surface area (Å²) in [6.45, 7) is 5.34. The number of aryl methyl sites for hydroxylation is 1. The lowest BCUT2D eigenvalue weighted by Crippen LogP contribution is -2.45. The highest BCUT2D eigenvalue weighted by atomic mass is 35.5. The average Bonchev–Trinajstić information content (AvgIpc) is 3.09. The maximum absolute atomic E-state index is 6.25. The monoisotopic (exact) mass is 403 g/mol. The number of piperidine rings is 1. The highest BCUT2D eigenvalue weighted by Crippen LogP contribution is 2.35. The molecule has 1 aromatic heterocycles. The van der Waals surface area contributed by atoms with Crippen LogP contribution in [0.4, 0.5) is 0 Å². The third kappa shape index (κ3) is 5.23. The second-order valence-corrected chi connectivity index (χ2v) is 7.70. The zero-order valence-corrected chi connectivity index (χ0v) is 17.7. The van der Waals surface area contributed by atoms with E-state index in [1.807, 2.05) is 19.2 Å². The molecule has 0 aliphatic carbocycles. The Bertz CT molecular complexity index is 788. The van der Waals surface area contributed by atoms with Gasteiger partial charge in [0.2, 0.25) is 0 Å². The molecule has 0 amide bonds. The average molecular weight is 404 g/mol. The lowest BCUT2D eigenvalue weighted by atomic mass is 9.85. The first-order valence-electron chi connectivity index (χ1n) is 9.89. The van der Waals surface area contributed by atoms with Gasteiger partial charge in [0.05, 0.1) is 0 Å². The summed E-state index contributed by atoms with van der Waals surface area (Å²) >= 11 is 6.25. The molecule has 0 radical (unpaired) electrons. The van der Waals surface area contributed by atoms with Crippen LogP contribution in [-0.2, 0) is 13.6 Å². The number of rotatable bonds is 6. The highest BCUT2D eigenvalue weighted by Gasteiger charge is 2.30. The summed E-state index contributed by atoms with van der Waals surface area (Å²) in [4.78, 5) is 11.3. The lowest BCUT2D eigenvalue weighted by molar-refractivity contribution is 0.122. The van der Waals surface area contributed by atoms with E-state index in [9.17, 15) is 0 Å². The van der Waals surface area contributed by atoms with E-state index < -0.39 is 0 Å². The minimum absolute atomic E-state index is 0.349. The summed E-state index contributed by atoms with van der Waals surface area (Å²) in [5.41, 5.74) is 1.28. The Labute approximate surface area is 172 Å². The zero-order valence-electron chi connectivity index (χ0n) is 16.9. The van der Waals surface area contributed by atoms with Crippen molar-refractivity contribution in [3.63, 3.8) is 0 Å². The molecule has 1 aromatic carbocycles. The molecule has 28 heavy (non-hydrogen) atoms. The van der Waals surface area contributed by atoms with Gasteiger partial charge in [0.25, 0.3) is 0 Å². The molecule has 1 fully saturated rings. The van der Waals surface area contributed by atoms with Crippen molar-refractivity contribution in [2.24, 2.45) is 18.0 Å². The molecule has 2 aromatic rings. The van der Waals surface area contributed by atoms with Crippen LogP contribution < -0.4 is 10.6 Å². The third-order valence-corrected chi connectivity index (χ3v) is 5.49. The van der Waals surface area contributed by atoms with Crippen molar-refractivity contribution in [2.75, 3.05) is 26.7 Å². The first-order valence-corrected chi connectivity index (χ1v) is 10.3. The normalized spacial score (nSPS) is 20.9. The van der Waals surface area contributed by atoms with Crippen molar-refractivity contribution in [3.8, 4) is 0 Å². The summed E-state index contributed by atoms with van der Waals surface area (Å²) in [5.74, 6) is 2.13. The van der Waals surface area contributed by atoms with Crippen LogP contribution in [0.1, 0.15) is 37.2 Å². The molecule has 0 bridgehead atoms. The molecule has 2 heterocycles. The molecule has 3 rings (SSSR count). The predicted octanol–water partition coefficient (Wildman–Crippen LogP) is 2.61. The number of likely N-dealkylation sites (tertiary alicyclic amines) is 1. The first kappa shape index (κ1) is 20.6. The number of aromatic nitrogens is 3. The van der Waals surface area contributed by atoms with Crippen molar-refractivity contribution < 1.29 is 0 Å². The second-order valence-electron chi connectivity index (χ2n) is 7.26. The van der Waals surface area contributed by atoms with Crippen LogP contribution in [0.5, 0.6) is 0 Å². The number of hydrogen-bond acceptors (Lipinski definition) is 4. The van der Waals surface area contributed by atoms with Gasteiger partial charge in [0.1, 0.15) is 18.7 Å². The van der Waals surface area contributed by atoms with Crippen LogP contribution in [-0.4, -0.2) is 52.3 Å². The number of guanidine groups is 1. The molecule has 1 aliphatic heterocycles. The van der Waals surface area contributed by atoms with Gasteiger partial charge in [0, 0.05) is 31.2 Å². The molecule has 1 aliphatic rings. The Hall–Kier alpha value is -2.12. The van der Waals surface area contributed by atoms with E-state index >= 15 is 0 Å². The Morgan fingerprint density at radius 2 is 2.18 bits per heavy atom. The fourth-order valence-electron chi connectivity index (χ4n) is 3.87. The quantitative estimate of drug-likeness (QED) is 0.573. The highest BCUT2D eigenvalue weighted by molar-refractivity contribution is 6.30. The Kier molecular flexibility index (Phi) is 7.28. The van der Waals surface area contributed by atoms with Crippen LogP contribution in [0.15, 0.2) is 35.6 Å². The maximum Gasteiger partial charge on any atom is 0.191 e. The Morgan fingerprint density at radius 3 is 2.89 bits per heavy atom. The predicted molar refractivity (Wildman–Crippen MR) is 113 cm³/mol. The van der Waals surface area contributed by atoms with Crippen LogP contribution in [0.2, 0.25) is 5.02 Å². The third-order valence-electron chi connectivity index (χ3n) is 5.26. The van der Waals surface area contributed by atoms with E-state index in [0.717, 1.165) is 36.4 Å². The number of nitrogens with zero attached hydrogens (tertiary/aromatic N) is 5. The molecular formula is C20H30ClN7. The van der Waals surface area contributed by atoms with Gasteiger partial charge >= 0.3 is 0 Å². The van der Waals surface area contributed by atoms with Gasteiger partial charge in [-0.05, 0) is 57.0 Å². The van der Waals surface area contributed by atoms with Gasteiger partial charge < -0.3 is 10.6 Å². The summed E-state index contributed by atoms with van der Waals surface area (Å²) in [6, 6.07) is 8.59. The van der Waals surface area contributed by atoms with E-state index in [4.69, 9.17) is 11.6 Å². The number of hydrogen-bond donors (Lipinski definition) is 2. The van der Waals surface area contributed by atoms with Gasteiger partial charge in [0.15, 0.2) is 5.96 Å². The molecule has 8 heteroatoms. The summed E-state index contributed by atoms with van der Waals surface area (Å²) < 4.78 is 1.75. The zero-order chi connectivity index (χ0) is 19.9. The van der Waals surface area contributed by atoms with Crippen molar-refractivity contribution in [2.45, 2.75) is 32.4 Å². The SMILES string of the molecule is CCNC(=NCc1ncnn1C)NCC1CCCN(C)C1c1cccc(Cl)c1. The molecule has 152 valence electrons. The summed E-state index contributed by atoms with van der Waals surface area (Å²) in [5, 5.41) is 11.7. The minimum Gasteiger partial charge on any atom is -0.357 e. The molecule has 2 N–H and O–H groups in total. The van der Waals surface area contributed by atoms with E-state index in [1.54, 1.807) is 11.0 Å². The van der Waals surface area contributed by atoms with Crippen molar-refractivity contribution in [1.82, 2.24) is 30.3 Å². The molecule has 2 unspecified atom stereocenters.